The zero-order valence-electron chi connectivity index (χ0n) is 12.6. The van der Waals surface area contributed by atoms with Crippen LogP contribution in [0.4, 0.5) is 5.82 Å². The van der Waals surface area contributed by atoms with Crippen LogP contribution in [0, 0.1) is 0 Å². The number of aromatic amines is 1. The lowest BCUT2D eigenvalue weighted by Crippen LogP contribution is -2.17. The van der Waals surface area contributed by atoms with Crippen LogP contribution in [-0.2, 0) is 12.8 Å². The van der Waals surface area contributed by atoms with Crippen molar-refractivity contribution >= 4 is 5.82 Å². The monoisotopic (exact) mass is 301 g/mol. The molecule has 0 saturated heterocycles. The summed E-state index contributed by atoms with van der Waals surface area (Å²) in [5.41, 5.74) is 9.88. The van der Waals surface area contributed by atoms with Crippen molar-refractivity contribution in [3.05, 3.63) is 17.2 Å². The number of nitrogens with zero attached hydrogens (tertiary/aromatic N) is 1. The van der Waals surface area contributed by atoms with Crippen molar-refractivity contribution in [2.75, 3.05) is 26.1 Å². The summed E-state index contributed by atoms with van der Waals surface area (Å²) in [4.78, 5) is 0. The second kappa shape index (κ2) is 5.12. The molecular formula is C16H19N3O3. The standard InChI is InChI=1S/C16H19N3O3/c1-20-15-10-5-3-6-21-14(10)13(11-8-12(17)19-18-11)9-4-2-7-22-16(9)15/h8H,2-7H2,1H3,(H3,17,18,19). The van der Waals surface area contributed by atoms with Gasteiger partial charge < -0.3 is 19.9 Å². The Bertz CT molecular complexity index is 687. The molecule has 0 amide bonds. The predicted octanol–water partition coefficient (Wildman–Crippen LogP) is 2.32. The number of methoxy groups -OCH3 is 1. The van der Waals surface area contributed by atoms with E-state index < -0.39 is 0 Å². The van der Waals surface area contributed by atoms with Crippen LogP contribution in [-0.4, -0.2) is 30.5 Å². The van der Waals surface area contributed by atoms with Crippen LogP contribution in [0.2, 0.25) is 0 Å². The number of nitrogens with two attached hydrogens (primary N) is 1. The first-order chi connectivity index (χ1) is 10.8. The van der Waals surface area contributed by atoms with E-state index in [-0.39, 0.29) is 0 Å². The fourth-order valence-corrected chi connectivity index (χ4v) is 3.37. The van der Waals surface area contributed by atoms with Gasteiger partial charge in [-0.25, -0.2) is 0 Å². The first-order valence-corrected chi connectivity index (χ1v) is 7.62. The zero-order valence-corrected chi connectivity index (χ0v) is 12.6. The number of rotatable bonds is 2. The van der Waals surface area contributed by atoms with E-state index in [0.29, 0.717) is 19.0 Å². The van der Waals surface area contributed by atoms with Gasteiger partial charge in [0, 0.05) is 22.8 Å². The third kappa shape index (κ3) is 1.90. The highest BCUT2D eigenvalue weighted by atomic mass is 16.5. The molecular weight excluding hydrogens is 282 g/mol. The molecule has 3 N–H and O–H groups in total. The Hall–Kier alpha value is -2.37. The quantitative estimate of drug-likeness (QED) is 0.889. The Kier molecular flexibility index (Phi) is 3.10. The van der Waals surface area contributed by atoms with Crippen molar-refractivity contribution in [1.82, 2.24) is 10.2 Å². The largest absolute Gasteiger partial charge is 0.492 e. The summed E-state index contributed by atoms with van der Waals surface area (Å²) in [6.07, 6.45) is 3.81. The van der Waals surface area contributed by atoms with E-state index in [1.165, 1.54) is 0 Å². The minimum atomic E-state index is 0.473. The second-order valence-corrected chi connectivity index (χ2v) is 5.63. The number of nitrogens with one attached hydrogen (secondary N) is 1. The molecule has 6 heteroatoms. The average Bonchev–Trinajstić information content (AvgIpc) is 2.98. The Morgan fingerprint density at radius 2 is 1.86 bits per heavy atom. The molecule has 0 fully saturated rings. The Balaban J connectivity index is 2.03. The van der Waals surface area contributed by atoms with Crippen molar-refractivity contribution in [3.8, 4) is 28.5 Å². The van der Waals surface area contributed by atoms with Crippen LogP contribution in [0.5, 0.6) is 17.2 Å². The lowest BCUT2D eigenvalue weighted by Gasteiger charge is -2.29. The summed E-state index contributed by atoms with van der Waals surface area (Å²) in [6, 6.07) is 1.84. The normalized spacial score (nSPS) is 16.2. The van der Waals surface area contributed by atoms with Gasteiger partial charge in [0.15, 0.2) is 11.5 Å². The zero-order chi connectivity index (χ0) is 15.1. The molecule has 4 rings (SSSR count). The number of benzene rings is 1. The Morgan fingerprint density at radius 1 is 1.14 bits per heavy atom. The van der Waals surface area contributed by atoms with Crippen LogP contribution in [0.15, 0.2) is 6.07 Å². The lowest BCUT2D eigenvalue weighted by atomic mass is 9.90. The van der Waals surface area contributed by atoms with Gasteiger partial charge in [-0.05, 0) is 25.7 Å². The molecule has 0 saturated carbocycles. The molecule has 0 bridgehead atoms. The molecule has 6 nitrogen and oxygen atoms in total. The number of hydrogen-bond acceptors (Lipinski definition) is 5. The van der Waals surface area contributed by atoms with Crippen LogP contribution in [0.3, 0.4) is 0 Å². The first kappa shape index (κ1) is 13.3. The van der Waals surface area contributed by atoms with Gasteiger partial charge in [-0.2, -0.15) is 5.10 Å². The topological polar surface area (TPSA) is 82.4 Å². The summed E-state index contributed by atoms with van der Waals surface area (Å²) in [5, 5.41) is 7.07. The van der Waals surface area contributed by atoms with Crippen LogP contribution < -0.4 is 19.9 Å². The minimum Gasteiger partial charge on any atom is -0.492 e. The minimum absolute atomic E-state index is 0.473. The second-order valence-electron chi connectivity index (χ2n) is 5.63. The summed E-state index contributed by atoms with van der Waals surface area (Å²) in [7, 11) is 1.69. The van der Waals surface area contributed by atoms with E-state index in [4.69, 9.17) is 19.9 Å². The van der Waals surface area contributed by atoms with E-state index in [1.54, 1.807) is 7.11 Å². The number of fused-ring (bicyclic) bond motifs is 2. The molecule has 2 aromatic rings. The number of anilines is 1. The van der Waals surface area contributed by atoms with Crippen LogP contribution in [0.25, 0.3) is 11.3 Å². The molecule has 2 aliphatic rings. The van der Waals surface area contributed by atoms with Crippen molar-refractivity contribution < 1.29 is 14.2 Å². The summed E-state index contributed by atoms with van der Waals surface area (Å²) >= 11 is 0. The molecule has 0 spiro atoms. The third-order valence-electron chi connectivity index (χ3n) is 4.26. The van der Waals surface area contributed by atoms with Gasteiger partial charge >= 0.3 is 0 Å². The van der Waals surface area contributed by atoms with Crippen molar-refractivity contribution in [2.24, 2.45) is 0 Å². The molecule has 0 aliphatic carbocycles. The maximum Gasteiger partial charge on any atom is 0.167 e. The first-order valence-electron chi connectivity index (χ1n) is 7.62. The molecule has 0 unspecified atom stereocenters. The number of hydrogen-bond donors (Lipinski definition) is 2. The predicted molar refractivity (Wildman–Crippen MR) is 82.6 cm³/mol. The SMILES string of the molecule is COc1c2c(c(-c3cc(N)n[nH]3)c3c1OCCC3)OCCC2. The molecule has 0 radical (unpaired) electrons. The summed E-state index contributed by atoms with van der Waals surface area (Å²) < 4.78 is 17.6. The highest BCUT2D eigenvalue weighted by Crippen LogP contribution is 2.51. The fourth-order valence-electron chi connectivity index (χ4n) is 3.37. The lowest BCUT2D eigenvalue weighted by molar-refractivity contribution is 0.254. The Labute approximate surface area is 128 Å². The molecule has 0 atom stereocenters. The van der Waals surface area contributed by atoms with E-state index in [1.807, 2.05) is 6.07 Å². The Morgan fingerprint density at radius 3 is 2.55 bits per heavy atom. The van der Waals surface area contributed by atoms with Gasteiger partial charge in [0.05, 0.1) is 26.0 Å². The van der Waals surface area contributed by atoms with E-state index in [0.717, 1.165) is 65.3 Å². The van der Waals surface area contributed by atoms with Gasteiger partial charge in [0.1, 0.15) is 11.6 Å². The van der Waals surface area contributed by atoms with Gasteiger partial charge in [-0.1, -0.05) is 0 Å². The molecule has 3 heterocycles. The van der Waals surface area contributed by atoms with E-state index in [9.17, 15) is 0 Å². The van der Waals surface area contributed by atoms with Crippen molar-refractivity contribution in [3.63, 3.8) is 0 Å². The number of H-pyrrole nitrogens is 1. The van der Waals surface area contributed by atoms with Crippen LogP contribution >= 0.6 is 0 Å². The number of nitrogen functional groups attached to an aromatic ring is 1. The van der Waals surface area contributed by atoms with Gasteiger partial charge in [-0.15, -0.1) is 0 Å². The van der Waals surface area contributed by atoms with Crippen molar-refractivity contribution in [2.45, 2.75) is 25.7 Å². The highest BCUT2D eigenvalue weighted by Gasteiger charge is 2.31. The van der Waals surface area contributed by atoms with Crippen LogP contribution in [0.1, 0.15) is 24.0 Å². The fraction of sp³-hybridized carbons (Fsp3) is 0.438. The summed E-state index contributed by atoms with van der Waals surface area (Å²) in [5.74, 6) is 3.03. The molecule has 2 aliphatic heterocycles. The molecule has 116 valence electrons. The van der Waals surface area contributed by atoms with Gasteiger partial charge in [0.25, 0.3) is 0 Å². The number of ether oxygens (including phenoxy) is 3. The maximum absolute atomic E-state index is 6.00. The highest BCUT2D eigenvalue weighted by molar-refractivity contribution is 5.81. The smallest absolute Gasteiger partial charge is 0.167 e. The third-order valence-corrected chi connectivity index (χ3v) is 4.26. The maximum atomic E-state index is 6.00. The molecule has 1 aromatic heterocycles. The van der Waals surface area contributed by atoms with E-state index in [2.05, 4.69) is 10.2 Å². The molecule has 1 aromatic carbocycles. The van der Waals surface area contributed by atoms with Gasteiger partial charge in [0.2, 0.25) is 0 Å². The van der Waals surface area contributed by atoms with E-state index >= 15 is 0 Å². The average molecular weight is 301 g/mol. The van der Waals surface area contributed by atoms with Crippen molar-refractivity contribution in [1.29, 1.82) is 0 Å². The number of aromatic nitrogens is 2. The molecule has 22 heavy (non-hydrogen) atoms. The summed E-state index contributed by atoms with van der Waals surface area (Å²) in [6.45, 7) is 1.43. The van der Waals surface area contributed by atoms with Gasteiger partial charge in [-0.3, -0.25) is 5.10 Å².